The van der Waals surface area contributed by atoms with E-state index in [4.69, 9.17) is 5.73 Å². The summed E-state index contributed by atoms with van der Waals surface area (Å²) in [7, 11) is 1.71. The van der Waals surface area contributed by atoms with Crippen molar-refractivity contribution in [3.63, 3.8) is 0 Å². The zero-order valence-electron chi connectivity index (χ0n) is 12.8. The summed E-state index contributed by atoms with van der Waals surface area (Å²) < 4.78 is 1.49. The number of anilines is 1. The molecule has 0 aliphatic carbocycles. The van der Waals surface area contributed by atoms with Crippen molar-refractivity contribution in [1.29, 1.82) is 0 Å². The van der Waals surface area contributed by atoms with Crippen LogP contribution in [0.25, 0.3) is 0 Å². The first-order chi connectivity index (χ1) is 9.89. The second-order valence-electron chi connectivity index (χ2n) is 5.89. The molecule has 1 aromatic carbocycles. The third-order valence-electron chi connectivity index (χ3n) is 3.56. The Morgan fingerprint density at radius 3 is 2.57 bits per heavy atom. The molecule has 21 heavy (non-hydrogen) atoms. The normalized spacial score (nSPS) is 11.4. The number of carbonyl (C=O) groups excluding carboxylic acids is 1. The maximum Gasteiger partial charge on any atom is 0.257 e. The molecule has 1 amide bonds. The first-order valence-corrected chi connectivity index (χ1v) is 7.03. The zero-order chi connectivity index (χ0) is 15.5. The summed E-state index contributed by atoms with van der Waals surface area (Å²) in [5.41, 5.74) is 7.20. The van der Waals surface area contributed by atoms with E-state index in [9.17, 15) is 4.79 Å². The quantitative estimate of drug-likeness (QED) is 0.884. The highest BCUT2D eigenvalue weighted by atomic mass is 16.1. The lowest BCUT2D eigenvalue weighted by Crippen LogP contribution is -2.43. The fraction of sp³-hybridized carbons (Fsp3) is 0.375. The number of nitrogens with one attached hydrogen (secondary N) is 1. The minimum absolute atomic E-state index is 0.182. The van der Waals surface area contributed by atoms with E-state index < -0.39 is 0 Å². The lowest BCUT2D eigenvalue weighted by atomic mass is 9.95. The zero-order valence-corrected chi connectivity index (χ0v) is 12.8. The molecule has 0 atom stereocenters. The Morgan fingerprint density at radius 2 is 2.00 bits per heavy atom. The standard InChI is InChI=1S/C16H22N4O/c1-16(2,10-9-12-7-5-4-6-8-12)19-15(21)13-11-18-20(3)14(13)17/h4-8,11H,9-10,17H2,1-3H3,(H,19,21). The largest absolute Gasteiger partial charge is 0.383 e. The SMILES string of the molecule is Cn1ncc(C(=O)NC(C)(C)CCc2ccccc2)c1N. The summed E-state index contributed by atoms with van der Waals surface area (Å²) >= 11 is 0. The number of rotatable bonds is 5. The van der Waals surface area contributed by atoms with Crippen molar-refractivity contribution >= 4 is 11.7 Å². The minimum Gasteiger partial charge on any atom is -0.383 e. The van der Waals surface area contributed by atoms with Crippen LogP contribution in [0.2, 0.25) is 0 Å². The van der Waals surface area contributed by atoms with Crippen molar-refractivity contribution in [2.75, 3.05) is 5.73 Å². The molecule has 3 N–H and O–H groups in total. The fourth-order valence-electron chi connectivity index (χ4n) is 2.16. The maximum absolute atomic E-state index is 12.3. The number of hydrogen-bond acceptors (Lipinski definition) is 3. The van der Waals surface area contributed by atoms with Gasteiger partial charge in [0.1, 0.15) is 11.4 Å². The summed E-state index contributed by atoms with van der Waals surface area (Å²) in [5, 5.41) is 7.02. The lowest BCUT2D eigenvalue weighted by molar-refractivity contribution is 0.0910. The lowest BCUT2D eigenvalue weighted by Gasteiger charge is -2.26. The van der Waals surface area contributed by atoms with E-state index in [2.05, 4.69) is 22.5 Å². The van der Waals surface area contributed by atoms with Gasteiger partial charge in [0.05, 0.1) is 6.20 Å². The van der Waals surface area contributed by atoms with Crippen molar-refractivity contribution in [3.8, 4) is 0 Å². The van der Waals surface area contributed by atoms with Gasteiger partial charge in [-0.3, -0.25) is 9.48 Å². The van der Waals surface area contributed by atoms with E-state index in [-0.39, 0.29) is 11.4 Å². The molecule has 0 fully saturated rings. The van der Waals surface area contributed by atoms with Crippen LogP contribution >= 0.6 is 0 Å². The first-order valence-electron chi connectivity index (χ1n) is 7.03. The third-order valence-corrected chi connectivity index (χ3v) is 3.56. The van der Waals surface area contributed by atoms with Gasteiger partial charge in [-0.2, -0.15) is 5.10 Å². The second kappa shape index (κ2) is 5.99. The van der Waals surface area contributed by atoms with Gasteiger partial charge in [-0.15, -0.1) is 0 Å². The van der Waals surface area contributed by atoms with Crippen LogP contribution in [0.4, 0.5) is 5.82 Å². The molecule has 5 heteroatoms. The Hall–Kier alpha value is -2.30. The maximum atomic E-state index is 12.3. The van der Waals surface area contributed by atoms with Crippen LogP contribution < -0.4 is 11.1 Å². The molecule has 0 aliphatic heterocycles. The van der Waals surface area contributed by atoms with Gasteiger partial charge in [-0.1, -0.05) is 30.3 Å². The Balaban J connectivity index is 1.97. The molecule has 2 rings (SSSR count). The van der Waals surface area contributed by atoms with Crippen LogP contribution in [0.15, 0.2) is 36.5 Å². The van der Waals surface area contributed by atoms with E-state index in [1.165, 1.54) is 16.4 Å². The monoisotopic (exact) mass is 286 g/mol. The highest BCUT2D eigenvalue weighted by Gasteiger charge is 2.23. The molecule has 0 saturated heterocycles. The van der Waals surface area contributed by atoms with E-state index in [0.717, 1.165) is 12.8 Å². The predicted octanol–water partition coefficient (Wildman–Crippen LogP) is 2.14. The molecule has 0 spiro atoms. The number of nitrogen functional groups attached to an aromatic ring is 1. The van der Waals surface area contributed by atoms with Crippen LogP contribution in [0.3, 0.4) is 0 Å². The number of amides is 1. The van der Waals surface area contributed by atoms with Crippen molar-refractivity contribution in [3.05, 3.63) is 47.7 Å². The number of nitrogens with two attached hydrogens (primary N) is 1. The first kappa shape index (κ1) is 15.1. The molecule has 2 aromatic rings. The molecular weight excluding hydrogens is 264 g/mol. The van der Waals surface area contributed by atoms with Crippen LogP contribution in [0, 0.1) is 0 Å². The summed E-state index contributed by atoms with van der Waals surface area (Å²) in [6.45, 7) is 4.03. The molecule has 1 heterocycles. The van der Waals surface area contributed by atoms with E-state index in [0.29, 0.717) is 11.4 Å². The van der Waals surface area contributed by atoms with Gasteiger partial charge in [0.2, 0.25) is 0 Å². The van der Waals surface area contributed by atoms with Crippen LogP contribution in [0.1, 0.15) is 36.2 Å². The summed E-state index contributed by atoms with van der Waals surface area (Å²) in [6.07, 6.45) is 3.26. The van der Waals surface area contributed by atoms with E-state index in [1.807, 2.05) is 32.0 Å². The van der Waals surface area contributed by atoms with Gasteiger partial charge < -0.3 is 11.1 Å². The predicted molar refractivity (Wildman–Crippen MR) is 83.9 cm³/mol. The fourth-order valence-corrected chi connectivity index (χ4v) is 2.16. The minimum atomic E-state index is -0.310. The molecule has 0 unspecified atom stereocenters. The Labute approximate surface area is 125 Å². The van der Waals surface area contributed by atoms with Gasteiger partial charge in [-0.05, 0) is 32.3 Å². The average Bonchev–Trinajstić information content (AvgIpc) is 2.78. The van der Waals surface area contributed by atoms with Gasteiger partial charge >= 0.3 is 0 Å². The molecule has 0 saturated carbocycles. The number of hydrogen-bond donors (Lipinski definition) is 2. The number of nitrogens with zero attached hydrogens (tertiary/aromatic N) is 2. The Bertz CT molecular complexity index is 616. The van der Waals surface area contributed by atoms with Gasteiger partial charge in [0.25, 0.3) is 5.91 Å². The van der Waals surface area contributed by atoms with Crippen LogP contribution in [-0.4, -0.2) is 21.2 Å². The highest BCUT2D eigenvalue weighted by Crippen LogP contribution is 2.16. The summed E-state index contributed by atoms with van der Waals surface area (Å²) in [4.78, 5) is 12.3. The molecule has 112 valence electrons. The van der Waals surface area contributed by atoms with E-state index in [1.54, 1.807) is 7.05 Å². The molecule has 0 aliphatic rings. The topological polar surface area (TPSA) is 72.9 Å². The van der Waals surface area contributed by atoms with Crippen molar-refractivity contribution in [2.45, 2.75) is 32.2 Å². The number of benzene rings is 1. The summed E-state index contributed by atoms with van der Waals surface area (Å²) in [6, 6.07) is 10.2. The van der Waals surface area contributed by atoms with Gasteiger partial charge in [0.15, 0.2) is 0 Å². The smallest absolute Gasteiger partial charge is 0.257 e. The molecule has 0 radical (unpaired) electrons. The Kier molecular flexibility index (Phi) is 4.31. The number of carbonyl (C=O) groups is 1. The highest BCUT2D eigenvalue weighted by molar-refractivity contribution is 5.98. The molecule has 5 nitrogen and oxygen atoms in total. The van der Waals surface area contributed by atoms with Crippen molar-refractivity contribution in [1.82, 2.24) is 15.1 Å². The Morgan fingerprint density at radius 1 is 1.33 bits per heavy atom. The number of aromatic nitrogens is 2. The molecular formula is C16H22N4O. The molecule has 1 aromatic heterocycles. The third kappa shape index (κ3) is 3.84. The van der Waals surface area contributed by atoms with Crippen LogP contribution in [-0.2, 0) is 13.5 Å². The van der Waals surface area contributed by atoms with E-state index >= 15 is 0 Å². The van der Waals surface area contributed by atoms with Crippen molar-refractivity contribution in [2.24, 2.45) is 7.05 Å². The molecule has 0 bridgehead atoms. The van der Waals surface area contributed by atoms with Crippen LogP contribution in [0.5, 0.6) is 0 Å². The second-order valence-corrected chi connectivity index (χ2v) is 5.89. The average molecular weight is 286 g/mol. The van der Waals surface area contributed by atoms with Crippen molar-refractivity contribution < 1.29 is 4.79 Å². The summed E-state index contributed by atoms with van der Waals surface area (Å²) in [5.74, 6) is 0.199. The van der Waals surface area contributed by atoms with Gasteiger partial charge in [-0.25, -0.2) is 0 Å². The van der Waals surface area contributed by atoms with Gasteiger partial charge in [0, 0.05) is 12.6 Å². The number of aryl methyl sites for hydroxylation is 2.